The summed E-state index contributed by atoms with van der Waals surface area (Å²) in [6.07, 6.45) is -1.94. The van der Waals surface area contributed by atoms with Gasteiger partial charge in [-0.1, -0.05) is 24.3 Å². The van der Waals surface area contributed by atoms with Gasteiger partial charge in [0, 0.05) is 24.3 Å². The van der Waals surface area contributed by atoms with E-state index in [1.807, 2.05) is 26.0 Å². The van der Waals surface area contributed by atoms with Gasteiger partial charge in [-0.05, 0) is 31.0 Å². The molecular weight excluding hydrogens is 419 g/mol. The maximum absolute atomic E-state index is 13.1. The fourth-order valence-corrected chi connectivity index (χ4v) is 3.20. The van der Waals surface area contributed by atoms with Crippen LogP contribution in [-0.2, 0) is 12.7 Å². The Labute approximate surface area is 174 Å². The van der Waals surface area contributed by atoms with E-state index in [4.69, 9.17) is 11.6 Å². The van der Waals surface area contributed by atoms with Crippen molar-refractivity contribution in [1.82, 2.24) is 29.5 Å². The molecule has 0 atom stereocenters. The SMILES string of the molecule is CC(C)n1cc(C(F)(F)F)nc1-c1ccc(CNc2nc(Cl)nc3[nH]cnc23)cc1. The molecule has 3 aromatic heterocycles. The van der Waals surface area contributed by atoms with Gasteiger partial charge in [0.25, 0.3) is 0 Å². The predicted molar refractivity (Wildman–Crippen MR) is 107 cm³/mol. The van der Waals surface area contributed by atoms with Crippen molar-refractivity contribution < 1.29 is 13.2 Å². The summed E-state index contributed by atoms with van der Waals surface area (Å²) in [5, 5.41) is 3.24. The van der Waals surface area contributed by atoms with E-state index >= 15 is 0 Å². The average Bonchev–Trinajstić information content (AvgIpc) is 3.33. The van der Waals surface area contributed by atoms with Gasteiger partial charge in [-0.25, -0.2) is 9.97 Å². The minimum absolute atomic E-state index is 0.0885. The molecule has 0 aliphatic rings. The molecule has 7 nitrogen and oxygen atoms in total. The van der Waals surface area contributed by atoms with Crippen molar-refractivity contribution in [2.24, 2.45) is 0 Å². The lowest BCUT2D eigenvalue weighted by Crippen LogP contribution is -2.05. The summed E-state index contributed by atoms with van der Waals surface area (Å²) in [6, 6.07) is 6.97. The lowest BCUT2D eigenvalue weighted by Gasteiger charge is -2.12. The summed E-state index contributed by atoms with van der Waals surface area (Å²) in [5.41, 5.74) is 1.68. The van der Waals surface area contributed by atoms with Crippen LogP contribution in [0.1, 0.15) is 31.1 Å². The molecule has 2 N–H and O–H groups in total. The van der Waals surface area contributed by atoms with Gasteiger partial charge in [0.15, 0.2) is 17.2 Å². The van der Waals surface area contributed by atoms with Crippen LogP contribution >= 0.6 is 11.6 Å². The van der Waals surface area contributed by atoms with Crippen molar-refractivity contribution in [3.63, 3.8) is 0 Å². The van der Waals surface area contributed by atoms with Gasteiger partial charge < -0.3 is 14.9 Å². The third-order valence-electron chi connectivity index (χ3n) is 4.50. The standard InChI is InChI=1S/C19H17ClF3N7/c1-10(2)30-8-13(19(21,22)23)27-17(30)12-5-3-11(4-6-12)7-24-15-14-16(26-9-25-14)29-18(20)28-15/h3-6,8-10H,7H2,1-2H3,(H2,24,25,26,28,29). The highest BCUT2D eigenvalue weighted by atomic mass is 35.5. The van der Waals surface area contributed by atoms with Crippen molar-refractivity contribution in [2.45, 2.75) is 32.6 Å². The number of hydrogen-bond acceptors (Lipinski definition) is 5. The second kappa shape index (κ2) is 7.60. The number of benzene rings is 1. The molecule has 1 aromatic carbocycles. The van der Waals surface area contributed by atoms with E-state index < -0.39 is 11.9 Å². The number of hydrogen-bond donors (Lipinski definition) is 2. The van der Waals surface area contributed by atoms with E-state index in [2.05, 4.69) is 30.2 Å². The van der Waals surface area contributed by atoms with Gasteiger partial charge >= 0.3 is 6.18 Å². The normalized spacial score (nSPS) is 12.1. The van der Waals surface area contributed by atoms with Gasteiger partial charge in [-0.15, -0.1) is 0 Å². The van der Waals surface area contributed by atoms with E-state index in [0.717, 1.165) is 11.8 Å². The highest BCUT2D eigenvalue weighted by molar-refractivity contribution is 6.28. The van der Waals surface area contributed by atoms with Crippen LogP contribution in [0.4, 0.5) is 19.0 Å². The first-order valence-corrected chi connectivity index (χ1v) is 9.46. The zero-order valence-corrected chi connectivity index (χ0v) is 16.8. The molecule has 0 aliphatic carbocycles. The predicted octanol–water partition coefficient (Wildman–Crippen LogP) is 5.08. The molecule has 4 rings (SSSR count). The summed E-state index contributed by atoms with van der Waals surface area (Å²) >= 11 is 5.93. The quantitative estimate of drug-likeness (QED) is 0.427. The van der Waals surface area contributed by atoms with Crippen molar-refractivity contribution in [3.05, 3.63) is 53.3 Å². The first-order chi connectivity index (χ1) is 14.2. The number of H-pyrrole nitrogens is 1. The Bertz CT molecular complexity index is 1180. The van der Waals surface area contributed by atoms with Gasteiger partial charge in [-0.2, -0.15) is 23.1 Å². The van der Waals surface area contributed by atoms with Crippen LogP contribution in [-0.4, -0.2) is 29.5 Å². The molecule has 0 aliphatic heterocycles. The molecule has 4 aromatic rings. The van der Waals surface area contributed by atoms with Crippen LogP contribution in [0.25, 0.3) is 22.6 Å². The summed E-state index contributed by atoms with van der Waals surface area (Å²) in [5.74, 6) is 0.762. The van der Waals surface area contributed by atoms with E-state index in [-0.39, 0.29) is 17.1 Å². The van der Waals surface area contributed by atoms with Crippen LogP contribution in [0.2, 0.25) is 5.28 Å². The van der Waals surface area contributed by atoms with E-state index in [0.29, 0.717) is 29.1 Å². The van der Waals surface area contributed by atoms with Crippen molar-refractivity contribution >= 4 is 28.6 Å². The Morgan fingerprint density at radius 1 is 1.13 bits per heavy atom. The Balaban J connectivity index is 1.56. The Morgan fingerprint density at radius 3 is 2.53 bits per heavy atom. The molecule has 0 amide bonds. The van der Waals surface area contributed by atoms with Crippen LogP contribution in [0, 0.1) is 0 Å². The Morgan fingerprint density at radius 2 is 1.87 bits per heavy atom. The fourth-order valence-electron chi connectivity index (χ4n) is 3.03. The number of aromatic amines is 1. The Hall–Kier alpha value is -3.14. The number of aromatic nitrogens is 6. The zero-order chi connectivity index (χ0) is 21.5. The van der Waals surface area contributed by atoms with Crippen LogP contribution in [0.5, 0.6) is 0 Å². The second-order valence-electron chi connectivity index (χ2n) is 6.94. The third kappa shape index (κ3) is 3.95. The molecule has 0 spiro atoms. The van der Waals surface area contributed by atoms with E-state index in [1.165, 1.54) is 10.9 Å². The van der Waals surface area contributed by atoms with Gasteiger partial charge in [0.2, 0.25) is 5.28 Å². The maximum Gasteiger partial charge on any atom is 0.434 e. The molecule has 156 valence electrons. The van der Waals surface area contributed by atoms with Gasteiger partial charge in [0.05, 0.1) is 6.33 Å². The van der Waals surface area contributed by atoms with E-state index in [1.54, 1.807) is 12.1 Å². The van der Waals surface area contributed by atoms with Crippen molar-refractivity contribution in [1.29, 1.82) is 0 Å². The fraction of sp³-hybridized carbons (Fsp3) is 0.263. The first kappa shape index (κ1) is 20.1. The molecule has 30 heavy (non-hydrogen) atoms. The monoisotopic (exact) mass is 435 g/mol. The van der Waals surface area contributed by atoms with Crippen LogP contribution in [0.3, 0.4) is 0 Å². The van der Waals surface area contributed by atoms with Crippen molar-refractivity contribution in [3.8, 4) is 11.4 Å². The average molecular weight is 436 g/mol. The number of alkyl halides is 3. The molecule has 11 heteroatoms. The lowest BCUT2D eigenvalue weighted by atomic mass is 10.1. The number of anilines is 1. The number of fused-ring (bicyclic) bond motifs is 1. The van der Waals surface area contributed by atoms with Crippen molar-refractivity contribution in [2.75, 3.05) is 5.32 Å². The molecule has 3 heterocycles. The largest absolute Gasteiger partial charge is 0.434 e. The minimum atomic E-state index is -4.49. The first-order valence-electron chi connectivity index (χ1n) is 9.08. The van der Waals surface area contributed by atoms with E-state index in [9.17, 15) is 13.2 Å². The molecule has 0 fully saturated rings. The number of imidazole rings is 2. The Kier molecular flexibility index (Phi) is 5.10. The van der Waals surface area contributed by atoms with Gasteiger partial charge in [0.1, 0.15) is 11.3 Å². The second-order valence-corrected chi connectivity index (χ2v) is 7.28. The van der Waals surface area contributed by atoms with Gasteiger partial charge in [-0.3, -0.25) is 0 Å². The summed E-state index contributed by atoms with van der Waals surface area (Å²) in [7, 11) is 0. The summed E-state index contributed by atoms with van der Waals surface area (Å²) in [4.78, 5) is 19.1. The zero-order valence-electron chi connectivity index (χ0n) is 16.0. The molecule has 0 unspecified atom stereocenters. The minimum Gasteiger partial charge on any atom is -0.364 e. The maximum atomic E-state index is 13.1. The number of rotatable bonds is 5. The highest BCUT2D eigenvalue weighted by Crippen LogP contribution is 2.32. The molecule has 0 saturated heterocycles. The van der Waals surface area contributed by atoms with Crippen LogP contribution < -0.4 is 5.32 Å². The number of nitrogens with zero attached hydrogens (tertiary/aromatic N) is 5. The number of halogens is 4. The highest BCUT2D eigenvalue weighted by Gasteiger charge is 2.35. The number of nitrogens with one attached hydrogen (secondary N) is 2. The molecule has 0 bridgehead atoms. The van der Waals surface area contributed by atoms with Crippen LogP contribution in [0.15, 0.2) is 36.8 Å². The summed E-state index contributed by atoms with van der Waals surface area (Å²) in [6.45, 7) is 4.04. The molecular formula is C19H17ClF3N7. The summed E-state index contributed by atoms with van der Waals surface area (Å²) < 4.78 is 40.8. The molecule has 0 saturated carbocycles. The topological polar surface area (TPSA) is 84.3 Å². The lowest BCUT2D eigenvalue weighted by molar-refractivity contribution is -0.140. The smallest absolute Gasteiger partial charge is 0.364 e. The third-order valence-corrected chi connectivity index (χ3v) is 4.67. The molecule has 0 radical (unpaired) electrons.